The Morgan fingerprint density at radius 2 is 2.00 bits per heavy atom. The van der Waals surface area contributed by atoms with Crippen LogP contribution in [0.15, 0.2) is 53.7 Å². The van der Waals surface area contributed by atoms with Crippen LogP contribution in [0.5, 0.6) is 0 Å². The van der Waals surface area contributed by atoms with Gasteiger partial charge in [-0.25, -0.2) is 13.2 Å². The second-order valence-electron chi connectivity index (χ2n) is 5.58. The summed E-state index contributed by atoms with van der Waals surface area (Å²) in [6.07, 6.45) is 4.95. The molecular formula is C17H18N2O4S. The number of rotatable bonds is 4. The normalized spacial score (nSPS) is 18.5. The van der Waals surface area contributed by atoms with Gasteiger partial charge in [0.25, 0.3) is 0 Å². The lowest BCUT2D eigenvalue weighted by molar-refractivity contribution is 0.0600. The third-order valence-electron chi connectivity index (χ3n) is 4.15. The number of methoxy groups -OCH3 is 1. The quantitative estimate of drug-likeness (QED) is 0.795. The summed E-state index contributed by atoms with van der Waals surface area (Å²) in [6.45, 7) is 0.473. The van der Waals surface area contributed by atoms with E-state index < -0.39 is 16.0 Å². The molecule has 7 heteroatoms. The molecule has 1 aliphatic rings. The van der Waals surface area contributed by atoms with Crippen LogP contribution in [0, 0.1) is 0 Å². The SMILES string of the molecule is COC(=O)c1ccc(S(=O)(=O)N2CCC[C@H]2c2cccnc2)cc1. The number of ether oxygens (including phenoxy) is 1. The number of sulfonamides is 1. The predicted molar refractivity (Wildman–Crippen MR) is 87.9 cm³/mol. The predicted octanol–water partition coefficient (Wildman–Crippen LogP) is 2.39. The number of hydrogen-bond donors (Lipinski definition) is 0. The van der Waals surface area contributed by atoms with E-state index in [2.05, 4.69) is 9.72 Å². The van der Waals surface area contributed by atoms with Crippen molar-refractivity contribution in [3.63, 3.8) is 0 Å². The Bertz CT molecular complexity index is 819. The van der Waals surface area contributed by atoms with Crippen LogP contribution in [-0.4, -0.2) is 37.3 Å². The van der Waals surface area contributed by atoms with Crippen LogP contribution < -0.4 is 0 Å². The van der Waals surface area contributed by atoms with Crippen LogP contribution in [0.25, 0.3) is 0 Å². The number of nitrogens with zero attached hydrogens (tertiary/aromatic N) is 2. The fraction of sp³-hybridized carbons (Fsp3) is 0.294. The summed E-state index contributed by atoms with van der Waals surface area (Å²) >= 11 is 0. The maximum Gasteiger partial charge on any atom is 0.337 e. The number of benzene rings is 1. The van der Waals surface area contributed by atoms with Crippen LogP contribution in [0.2, 0.25) is 0 Å². The lowest BCUT2D eigenvalue weighted by Gasteiger charge is -2.24. The Kier molecular flexibility index (Phi) is 4.64. The van der Waals surface area contributed by atoms with E-state index in [0.717, 1.165) is 18.4 Å². The van der Waals surface area contributed by atoms with E-state index in [-0.39, 0.29) is 10.9 Å². The molecular weight excluding hydrogens is 328 g/mol. The lowest BCUT2D eigenvalue weighted by Crippen LogP contribution is -2.30. The second-order valence-corrected chi connectivity index (χ2v) is 7.47. The van der Waals surface area contributed by atoms with E-state index in [1.165, 1.54) is 35.7 Å². The highest BCUT2D eigenvalue weighted by Crippen LogP contribution is 2.36. The van der Waals surface area contributed by atoms with Crippen molar-refractivity contribution < 1.29 is 17.9 Å². The highest BCUT2D eigenvalue weighted by Gasteiger charge is 2.36. The van der Waals surface area contributed by atoms with Crippen molar-refractivity contribution in [2.24, 2.45) is 0 Å². The van der Waals surface area contributed by atoms with E-state index in [1.54, 1.807) is 12.4 Å². The fourth-order valence-electron chi connectivity index (χ4n) is 2.95. The molecule has 2 heterocycles. The summed E-state index contributed by atoms with van der Waals surface area (Å²) < 4.78 is 32.1. The molecule has 126 valence electrons. The molecule has 0 unspecified atom stereocenters. The molecule has 0 spiro atoms. The largest absolute Gasteiger partial charge is 0.465 e. The van der Waals surface area contributed by atoms with Crippen LogP contribution in [0.4, 0.5) is 0 Å². The van der Waals surface area contributed by atoms with E-state index in [0.29, 0.717) is 12.1 Å². The zero-order chi connectivity index (χ0) is 17.2. The van der Waals surface area contributed by atoms with Crippen molar-refractivity contribution >= 4 is 16.0 Å². The van der Waals surface area contributed by atoms with Gasteiger partial charge in [-0.3, -0.25) is 4.98 Å². The summed E-state index contributed by atoms with van der Waals surface area (Å²) in [6, 6.07) is 9.32. The highest BCUT2D eigenvalue weighted by molar-refractivity contribution is 7.89. The van der Waals surface area contributed by atoms with Gasteiger partial charge >= 0.3 is 5.97 Å². The van der Waals surface area contributed by atoms with E-state index in [4.69, 9.17) is 0 Å². The van der Waals surface area contributed by atoms with Gasteiger partial charge in [0.2, 0.25) is 10.0 Å². The fourth-order valence-corrected chi connectivity index (χ4v) is 4.63. The van der Waals surface area contributed by atoms with Crippen molar-refractivity contribution in [1.82, 2.24) is 9.29 Å². The first-order chi connectivity index (χ1) is 11.5. The number of carbonyl (C=O) groups excluding carboxylic acids is 1. The van der Waals surface area contributed by atoms with Crippen molar-refractivity contribution in [3.05, 3.63) is 59.9 Å². The monoisotopic (exact) mass is 346 g/mol. The summed E-state index contributed by atoms with van der Waals surface area (Å²) in [5.41, 5.74) is 1.21. The first-order valence-electron chi connectivity index (χ1n) is 7.64. The number of hydrogen-bond acceptors (Lipinski definition) is 5. The minimum Gasteiger partial charge on any atom is -0.465 e. The lowest BCUT2D eigenvalue weighted by atomic mass is 10.1. The van der Waals surface area contributed by atoms with Gasteiger partial charge in [-0.1, -0.05) is 6.07 Å². The molecule has 1 aromatic carbocycles. The minimum atomic E-state index is -3.63. The van der Waals surface area contributed by atoms with Crippen molar-refractivity contribution in [2.75, 3.05) is 13.7 Å². The Hall–Kier alpha value is -2.25. The number of carbonyl (C=O) groups is 1. The summed E-state index contributed by atoms with van der Waals surface area (Å²) in [4.78, 5) is 15.7. The minimum absolute atomic E-state index is 0.172. The second kappa shape index (κ2) is 6.70. The van der Waals surface area contributed by atoms with Gasteiger partial charge in [0.05, 0.1) is 23.6 Å². The molecule has 3 rings (SSSR count). The van der Waals surface area contributed by atoms with Gasteiger partial charge in [-0.2, -0.15) is 4.31 Å². The first-order valence-corrected chi connectivity index (χ1v) is 9.08. The van der Waals surface area contributed by atoms with Crippen LogP contribution in [0.3, 0.4) is 0 Å². The molecule has 1 atom stereocenters. The van der Waals surface area contributed by atoms with Crippen molar-refractivity contribution in [2.45, 2.75) is 23.8 Å². The van der Waals surface area contributed by atoms with Gasteiger partial charge in [-0.15, -0.1) is 0 Å². The molecule has 1 fully saturated rings. The molecule has 0 amide bonds. The Labute approximate surface area is 141 Å². The standard InChI is InChI=1S/C17H18N2O4S/c1-23-17(20)13-6-8-15(9-7-13)24(21,22)19-11-3-5-16(19)14-4-2-10-18-12-14/h2,4,6-10,12,16H,3,5,11H2,1H3/t16-/m0/s1. The summed E-state index contributed by atoms with van der Waals surface area (Å²) in [7, 11) is -2.34. The third-order valence-corrected chi connectivity index (χ3v) is 6.08. The third kappa shape index (κ3) is 3.05. The van der Waals surface area contributed by atoms with E-state index in [1.807, 2.05) is 12.1 Å². The molecule has 0 radical (unpaired) electrons. The van der Waals surface area contributed by atoms with Gasteiger partial charge in [0, 0.05) is 18.9 Å². The van der Waals surface area contributed by atoms with Crippen molar-refractivity contribution in [3.8, 4) is 0 Å². The van der Waals surface area contributed by atoms with Crippen LogP contribution in [-0.2, 0) is 14.8 Å². The number of esters is 1. The average Bonchev–Trinajstić information content (AvgIpc) is 3.12. The Morgan fingerprint density at radius 3 is 2.62 bits per heavy atom. The van der Waals surface area contributed by atoms with Gasteiger partial charge in [-0.05, 0) is 48.7 Å². The molecule has 24 heavy (non-hydrogen) atoms. The smallest absolute Gasteiger partial charge is 0.337 e. The molecule has 0 aliphatic carbocycles. The summed E-state index contributed by atoms with van der Waals surface area (Å²) in [5.74, 6) is -0.492. The number of pyridine rings is 1. The molecule has 0 bridgehead atoms. The molecule has 0 N–H and O–H groups in total. The van der Waals surface area contributed by atoms with Gasteiger partial charge in [0.15, 0.2) is 0 Å². The van der Waals surface area contributed by atoms with Gasteiger partial charge < -0.3 is 4.74 Å². The topological polar surface area (TPSA) is 76.6 Å². The average molecular weight is 346 g/mol. The Morgan fingerprint density at radius 1 is 1.25 bits per heavy atom. The zero-order valence-electron chi connectivity index (χ0n) is 13.3. The van der Waals surface area contributed by atoms with E-state index >= 15 is 0 Å². The molecule has 6 nitrogen and oxygen atoms in total. The highest BCUT2D eigenvalue weighted by atomic mass is 32.2. The van der Waals surface area contributed by atoms with Crippen LogP contribution in [0.1, 0.15) is 34.8 Å². The first kappa shape index (κ1) is 16.6. The maximum absolute atomic E-state index is 13.0. The maximum atomic E-state index is 13.0. The molecule has 0 saturated carbocycles. The molecule has 1 aromatic heterocycles. The summed E-state index contributed by atoms with van der Waals surface area (Å²) in [5, 5.41) is 0. The van der Waals surface area contributed by atoms with Crippen molar-refractivity contribution in [1.29, 1.82) is 0 Å². The molecule has 1 aliphatic heterocycles. The van der Waals surface area contributed by atoms with E-state index in [9.17, 15) is 13.2 Å². The molecule has 1 saturated heterocycles. The Balaban J connectivity index is 1.91. The number of aromatic nitrogens is 1. The zero-order valence-corrected chi connectivity index (χ0v) is 14.1. The van der Waals surface area contributed by atoms with Crippen LogP contribution >= 0.6 is 0 Å². The van der Waals surface area contributed by atoms with Gasteiger partial charge in [0.1, 0.15) is 0 Å². The molecule has 2 aromatic rings.